The Labute approximate surface area is 192 Å². The molecule has 3 rings (SSSR count). The van der Waals surface area contributed by atoms with Crippen molar-refractivity contribution in [3.05, 3.63) is 53.6 Å². The molecule has 176 valence electrons. The number of carbonyl (C=O) groups is 2. The zero-order valence-corrected chi connectivity index (χ0v) is 18.5. The fourth-order valence-electron chi connectivity index (χ4n) is 3.19. The molecule has 1 aliphatic heterocycles. The number of amidine groups is 1. The fourth-order valence-corrected chi connectivity index (χ4v) is 4.24. The second-order valence-corrected chi connectivity index (χ2v) is 8.23. The van der Waals surface area contributed by atoms with Crippen LogP contribution >= 0.6 is 11.8 Å². The van der Waals surface area contributed by atoms with Crippen molar-refractivity contribution >= 4 is 34.5 Å². The van der Waals surface area contributed by atoms with Crippen LogP contribution in [0.15, 0.2) is 47.5 Å². The van der Waals surface area contributed by atoms with Gasteiger partial charge < -0.3 is 19.4 Å². The number of hydrogen-bond donors (Lipinski definition) is 0. The lowest BCUT2D eigenvalue weighted by Gasteiger charge is -2.32. The first-order valence-corrected chi connectivity index (χ1v) is 10.6. The van der Waals surface area contributed by atoms with Crippen LogP contribution in [-0.4, -0.2) is 48.0 Å². The van der Waals surface area contributed by atoms with E-state index in [1.54, 1.807) is 18.2 Å². The van der Waals surface area contributed by atoms with E-state index in [4.69, 9.17) is 9.47 Å². The Bertz CT molecular complexity index is 1070. The van der Waals surface area contributed by atoms with E-state index in [2.05, 4.69) is 4.99 Å². The molecule has 1 atom stereocenters. The van der Waals surface area contributed by atoms with Crippen molar-refractivity contribution in [3.63, 3.8) is 0 Å². The maximum atomic E-state index is 13.1. The highest BCUT2D eigenvalue weighted by atomic mass is 32.2. The fraction of sp³-hybridized carbons (Fsp3) is 0.318. The number of halogens is 3. The largest absolute Gasteiger partial charge is 0.549 e. The van der Waals surface area contributed by atoms with Crippen molar-refractivity contribution in [2.75, 3.05) is 20.8 Å². The first kappa shape index (κ1) is 24.4. The van der Waals surface area contributed by atoms with Gasteiger partial charge in [-0.2, -0.15) is 13.2 Å². The number of aliphatic carboxylic acids is 1. The van der Waals surface area contributed by atoms with Crippen LogP contribution in [0.5, 0.6) is 11.5 Å². The average molecular weight is 481 g/mol. The van der Waals surface area contributed by atoms with Crippen LogP contribution in [0.2, 0.25) is 0 Å². The highest BCUT2D eigenvalue weighted by Crippen LogP contribution is 2.34. The molecule has 0 unspecified atom stereocenters. The second-order valence-electron chi connectivity index (χ2n) is 7.06. The van der Waals surface area contributed by atoms with Crippen LogP contribution in [0.1, 0.15) is 17.5 Å². The van der Waals surface area contributed by atoms with Crippen LogP contribution in [0, 0.1) is 0 Å². The minimum atomic E-state index is -4.56. The summed E-state index contributed by atoms with van der Waals surface area (Å²) in [6.07, 6.45) is -4.50. The number of alkyl halides is 3. The lowest BCUT2D eigenvalue weighted by atomic mass is 10.1. The van der Waals surface area contributed by atoms with E-state index >= 15 is 0 Å². The van der Waals surface area contributed by atoms with Crippen molar-refractivity contribution in [2.45, 2.75) is 24.3 Å². The van der Waals surface area contributed by atoms with Crippen molar-refractivity contribution in [1.29, 1.82) is 0 Å². The normalized spacial score (nSPS) is 17.8. The lowest BCUT2D eigenvalue weighted by molar-refractivity contribution is -0.304. The monoisotopic (exact) mass is 481 g/mol. The van der Waals surface area contributed by atoms with Gasteiger partial charge in [0.15, 0.2) is 16.7 Å². The molecule has 33 heavy (non-hydrogen) atoms. The number of ether oxygens (including phenoxy) is 2. The molecule has 0 saturated carbocycles. The molecule has 0 radical (unpaired) electrons. The summed E-state index contributed by atoms with van der Waals surface area (Å²) in [5, 5.41) is 10.2. The summed E-state index contributed by atoms with van der Waals surface area (Å²) in [6, 6.07) is 9.54. The number of aliphatic imine (C=N–C) groups is 1. The Morgan fingerprint density at radius 1 is 1.18 bits per heavy atom. The molecule has 1 aliphatic rings. The smallest absolute Gasteiger partial charge is 0.416 e. The molecule has 1 fully saturated rings. The molecule has 1 amide bonds. The van der Waals surface area contributed by atoms with Gasteiger partial charge in [0.05, 0.1) is 36.7 Å². The summed E-state index contributed by atoms with van der Waals surface area (Å²) >= 11 is 0.776. The number of hydrogen-bond acceptors (Lipinski definition) is 7. The van der Waals surface area contributed by atoms with Crippen LogP contribution < -0.4 is 14.6 Å². The SMILES string of the molecule is COc1ccc(CCN2C(=O)C[C@H](C(=O)[O-])SC2=Nc2cccc(C(F)(F)F)c2)cc1OC. The molecule has 0 N–H and O–H groups in total. The molecular formula is C22H20F3N2O5S-. The highest BCUT2D eigenvalue weighted by molar-refractivity contribution is 8.15. The molecule has 1 saturated heterocycles. The van der Waals surface area contributed by atoms with Gasteiger partial charge in [0.25, 0.3) is 0 Å². The van der Waals surface area contributed by atoms with Gasteiger partial charge in [0.1, 0.15) is 0 Å². The first-order valence-electron chi connectivity index (χ1n) is 9.77. The Hall–Kier alpha value is -3.21. The third-order valence-electron chi connectivity index (χ3n) is 4.87. The number of methoxy groups -OCH3 is 2. The summed E-state index contributed by atoms with van der Waals surface area (Å²) in [7, 11) is 3.00. The zero-order valence-electron chi connectivity index (χ0n) is 17.7. The second kappa shape index (κ2) is 10.2. The maximum Gasteiger partial charge on any atom is 0.416 e. The van der Waals surface area contributed by atoms with Gasteiger partial charge in [-0.25, -0.2) is 4.99 Å². The van der Waals surface area contributed by atoms with Crippen LogP contribution in [-0.2, 0) is 22.2 Å². The molecule has 0 aromatic heterocycles. The van der Waals surface area contributed by atoms with Gasteiger partial charge in [-0.3, -0.25) is 9.69 Å². The predicted octanol–water partition coefficient (Wildman–Crippen LogP) is 3.04. The maximum absolute atomic E-state index is 13.1. The van der Waals surface area contributed by atoms with Crippen molar-refractivity contribution < 1.29 is 37.3 Å². The topological polar surface area (TPSA) is 91.3 Å². The van der Waals surface area contributed by atoms with Crippen LogP contribution in [0.4, 0.5) is 18.9 Å². The first-order chi connectivity index (χ1) is 15.6. The van der Waals surface area contributed by atoms with Gasteiger partial charge in [0.2, 0.25) is 5.91 Å². The Kier molecular flexibility index (Phi) is 7.52. The highest BCUT2D eigenvalue weighted by Gasteiger charge is 2.33. The number of carboxylic acids is 1. The summed E-state index contributed by atoms with van der Waals surface area (Å²) in [5.41, 5.74) is -0.133. The van der Waals surface area contributed by atoms with E-state index in [0.717, 1.165) is 29.5 Å². The zero-order chi connectivity index (χ0) is 24.2. The molecule has 11 heteroatoms. The summed E-state index contributed by atoms with van der Waals surface area (Å²) in [6.45, 7) is 0.138. The molecule has 1 heterocycles. The predicted molar refractivity (Wildman–Crippen MR) is 115 cm³/mol. The number of thioether (sulfide) groups is 1. The quantitative estimate of drug-likeness (QED) is 0.604. The van der Waals surface area contributed by atoms with Crippen LogP contribution in [0.3, 0.4) is 0 Å². The van der Waals surface area contributed by atoms with Gasteiger partial charge in [-0.1, -0.05) is 23.9 Å². The Balaban J connectivity index is 1.89. The molecule has 0 aliphatic carbocycles. The average Bonchev–Trinajstić information content (AvgIpc) is 2.77. The van der Waals surface area contributed by atoms with Gasteiger partial charge >= 0.3 is 6.18 Å². The standard InChI is InChI=1S/C22H21F3N2O5S/c1-31-16-7-6-13(10-17(16)32-2)8-9-27-19(28)12-18(20(29)30)33-21(27)26-15-5-3-4-14(11-15)22(23,24)25/h3-7,10-11,18H,8-9,12H2,1-2H3,(H,29,30)/p-1/t18-/m1/s1. The van der Waals surface area contributed by atoms with Crippen LogP contribution in [0.25, 0.3) is 0 Å². The van der Waals surface area contributed by atoms with E-state index in [1.165, 1.54) is 31.3 Å². The summed E-state index contributed by atoms with van der Waals surface area (Å²) < 4.78 is 49.6. The molecular weight excluding hydrogens is 461 g/mol. The molecule has 0 bridgehead atoms. The lowest BCUT2D eigenvalue weighted by Crippen LogP contribution is -2.48. The number of carbonyl (C=O) groups excluding carboxylic acids is 2. The molecule has 2 aromatic rings. The number of carboxylic acid groups (broad SMARTS) is 1. The number of nitrogens with zero attached hydrogens (tertiary/aromatic N) is 2. The van der Waals surface area contributed by atoms with E-state index in [0.29, 0.717) is 17.9 Å². The number of amides is 1. The summed E-state index contributed by atoms with van der Waals surface area (Å²) in [4.78, 5) is 29.5. The minimum absolute atomic E-state index is 0.000233. The number of benzene rings is 2. The van der Waals surface area contributed by atoms with E-state index in [-0.39, 0.29) is 23.8 Å². The molecule has 0 spiro atoms. The van der Waals surface area contributed by atoms with Crippen molar-refractivity contribution in [1.82, 2.24) is 4.90 Å². The Morgan fingerprint density at radius 2 is 1.91 bits per heavy atom. The van der Waals surface area contributed by atoms with E-state index in [9.17, 15) is 27.9 Å². The summed E-state index contributed by atoms with van der Waals surface area (Å²) in [5.74, 6) is -0.905. The molecule has 2 aromatic carbocycles. The van der Waals surface area contributed by atoms with Crippen molar-refractivity contribution in [2.24, 2.45) is 4.99 Å². The van der Waals surface area contributed by atoms with E-state index in [1.807, 2.05) is 0 Å². The van der Waals surface area contributed by atoms with Gasteiger partial charge in [0, 0.05) is 13.0 Å². The van der Waals surface area contributed by atoms with Gasteiger partial charge in [-0.15, -0.1) is 0 Å². The minimum Gasteiger partial charge on any atom is -0.549 e. The third-order valence-corrected chi connectivity index (χ3v) is 6.04. The number of rotatable bonds is 7. The van der Waals surface area contributed by atoms with Crippen molar-refractivity contribution in [3.8, 4) is 11.5 Å². The van der Waals surface area contributed by atoms with E-state index < -0.39 is 28.9 Å². The van der Waals surface area contributed by atoms with Gasteiger partial charge in [-0.05, 0) is 42.3 Å². The third kappa shape index (κ3) is 5.98. The molecule has 7 nitrogen and oxygen atoms in total. The Morgan fingerprint density at radius 3 is 2.55 bits per heavy atom.